The minimum atomic E-state index is -4.88. The van der Waals surface area contributed by atoms with Crippen molar-refractivity contribution < 1.29 is 22.7 Å². The molecular formula is C13H17F3N2O2. The number of ether oxygens (including phenoxy) is 1. The molecule has 0 saturated heterocycles. The summed E-state index contributed by atoms with van der Waals surface area (Å²) < 4.78 is 41.4. The van der Waals surface area contributed by atoms with Crippen LogP contribution in [-0.4, -0.2) is 25.7 Å². The third kappa shape index (κ3) is 3.79. The number of carbonyl (C=O) groups is 1. The molecule has 0 fully saturated rings. The zero-order valence-electron chi connectivity index (χ0n) is 11.5. The van der Waals surface area contributed by atoms with E-state index in [1.165, 1.54) is 7.11 Å². The molecule has 0 atom stereocenters. The molecule has 4 nitrogen and oxygen atoms in total. The minimum absolute atomic E-state index is 0.156. The summed E-state index contributed by atoms with van der Waals surface area (Å²) in [7, 11) is 1.47. The first kappa shape index (κ1) is 16.1. The van der Waals surface area contributed by atoms with Gasteiger partial charge in [-0.3, -0.25) is 4.79 Å². The van der Waals surface area contributed by atoms with Crippen LogP contribution in [0.4, 0.5) is 18.9 Å². The zero-order chi connectivity index (χ0) is 15.6. The summed E-state index contributed by atoms with van der Waals surface area (Å²) in [4.78, 5) is 10.8. The van der Waals surface area contributed by atoms with Gasteiger partial charge in [-0.25, -0.2) is 0 Å². The van der Waals surface area contributed by atoms with Gasteiger partial charge in [-0.05, 0) is 17.7 Å². The van der Waals surface area contributed by atoms with Crippen molar-refractivity contribution in [3.8, 4) is 5.75 Å². The molecule has 0 aliphatic carbocycles. The lowest BCUT2D eigenvalue weighted by atomic mass is 9.84. The highest BCUT2D eigenvalue weighted by molar-refractivity contribution is 5.81. The molecule has 1 rings (SSSR count). The van der Waals surface area contributed by atoms with Gasteiger partial charge in [0.05, 0.1) is 12.8 Å². The molecule has 112 valence electrons. The topological polar surface area (TPSA) is 64.3 Å². The molecule has 20 heavy (non-hydrogen) atoms. The number of hydrogen-bond acceptors (Lipinski definition) is 3. The second-order valence-corrected chi connectivity index (χ2v) is 5.02. The summed E-state index contributed by atoms with van der Waals surface area (Å²) in [5.41, 5.74) is 6.16. The Balaban J connectivity index is 2.83. The summed E-state index contributed by atoms with van der Waals surface area (Å²) in [6.07, 6.45) is -4.88. The molecule has 0 bridgehead atoms. The normalized spacial score (nSPS) is 12.1. The number of carbonyl (C=O) groups excluding carboxylic acids is 1. The molecule has 0 aromatic heterocycles. The third-order valence-corrected chi connectivity index (χ3v) is 2.96. The van der Waals surface area contributed by atoms with Gasteiger partial charge in [0.1, 0.15) is 5.75 Å². The third-order valence-electron chi connectivity index (χ3n) is 2.96. The van der Waals surface area contributed by atoms with Crippen molar-refractivity contribution in [2.45, 2.75) is 25.4 Å². The van der Waals surface area contributed by atoms with Crippen LogP contribution in [0.5, 0.6) is 5.75 Å². The molecule has 0 aliphatic rings. The molecule has 7 heteroatoms. The fourth-order valence-corrected chi connectivity index (χ4v) is 1.66. The van der Waals surface area contributed by atoms with Crippen LogP contribution in [-0.2, 0) is 10.2 Å². The number of nitrogen functional groups attached to an aromatic ring is 1. The number of nitrogens with two attached hydrogens (primary N) is 1. The molecule has 0 heterocycles. The van der Waals surface area contributed by atoms with Crippen molar-refractivity contribution in [2.75, 3.05) is 19.4 Å². The van der Waals surface area contributed by atoms with Crippen molar-refractivity contribution in [1.29, 1.82) is 0 Å². The van der Waals surface area contributed by atoms with E-state index in [1.54, 1.807) is 32.0 Å². The largest absolute Gasteiger partial charge is 0.495 e. The van der Waals surface area contributed by atoms with Crippen LogP contribution in [0.3, 0.4) is 0 Å². The van der Waals surface area contributed by atoms with Gasteiger partial charge in [-0.15, -0.1) is 0 Å². The van der Waals surface area contributed by atoms with Crippen LogP contribution < -0.4 is 15.8 Å². The first-order valence-corrected chi connectivity index (χ1v) is 5.87. The van der Waals surface area contributed by atoms with E-state index in [-0.39, 0.29) is 6.54 Å². The first-order chi connectivity index (χ1) is 9.08. The lowest BCUT2D eigenvalue weighted by Gasteiger charge is -2.26. The number of rotatable bonds is 4. The molecule has 0 spiro atoms. The highest BCUT2D eigenvalue weighted by Gasteiger charge is 2.39. The van der Waals surface area contributed by atoms with E-state index in [9.17, 15) is 18.0 Å². The number of methoxy groups -OCH3 is 1. The molecule has 1 aromatic rings. The summed E-state index contributed by atoms with van der Waals surface area (Å²) in [5, 5.41) is 1.87. The summed E-state index contributed by atoms with van der Waals surface area (Å²) >= 11 is 0. The SMILES string of the molecule is COc1ccc(C(C)(C)CNC(=O)C(F)(F)F)cc1N. The van der Waals surface area contributed by atoms with Crippen molar-refractivity contribution in [1.82, 2.24) is 5.32 Å². The van der Waals surface area contributed by atoms with Gasteiger partial charge in [0, 0.05) is 12.0 Å². The number of halogens is 3. The average molecular weight is 290 g/mol. The summed E-state index contributed by atoms with van der Waals surface area (Å²) in [6.45, 7) is 3.27. The first-order valence-electron chi connectivity index (χ1n) is 5.87. The monoisotopic (exact) mass is 290 g/mol. The fourth-order valence-electron chi connectivity index (χ4n) is 1.66. The Morgan fingerprint density at radius 1 is 1.35 bits per heavy atom. The average Bonchev–Trinajstić information content (AvgIpc) is 2.34. The van der Waals surface area contributed by atoms with E-state index in [4.69, 9.17) is 10.5 Å². The zero-order valence-corrected chi connectivity index (χ0v) is 11.5. The Bertz CT molecular complexity index is 499. The Labute approximate surface area is 115 Å². The predicted molar refractivity (Wildman–Crippen MR) is 69.5 cm³/mol. The van der Waals surface area contributed by atoms with Gasteiger partial charge in [0.25, 0.3) is 0 Å². The van der Waals surface area contributed by atoms with E-state index in [0.717, 1.165) is 0 Å². The van der Waals surface area contributed by atoms with Crippen LogP contribution in [0.15, 0.2) is 18.2 Å². The van der Waals surface area contributed by atoms with Crippen molar-refractivity contribution >= 4 is 11.6 Å². The standard InChI is InChI=1S/C13H17F3N2O2/c1-12(2,7-18-11(19)13(14,15)16)8-4-5-10(20-3)9(17)6-8/h4-6H,7,17H2,1-3H3,(H,18,19). The van der Waals surface area contributed by atoms with E-state index in [0.29, 0.717) is 17.0 Å². The maximum Gasteiger partial charge on any atom is 0.471 e. The molecule has 0 saturated carbocycles. The lowest BCUT2D eigenvalue weighted by Crippen LogP contribution is -2.43. The minimum Gasteiger partial charge on any atom is -0.495 e. The highest BCUT2D eigenvalue weighted by atomic mass is 19.4. The number of benzene rings is 1. The van der Waals surface area contributed by atoms with Crippen molar-refractivity contribution in [2.24, 2.45) is 0 Å². The Morgan fingerprint density at radius 2 is 1.95 bits per heavy atom. The molecular weight excluding hydrogens is 273 g/mol. The predicted octanol–water partition coefficient (Wildman–Crippen LogP) is 2.23. The van der Waals surface area contributed by atoms with Crippen LogP contribution in [0, 0.1) is 0 Å². The van der Waals surface area contributed by atoms with Gasteiger partial charge in [-0.2, -0.15) is 13.2 Å². The number of anilines is 1. The molecule has 3 N–H and O–H groups in total. The number of hydrogen-bond donors (Lipinski definition) is 2. The van der Waals surface area contributed by atoms with E-state index in [2.05, 4.69) is 0 Å². The van der Waals surface area contributed by atoms with E-state index < -0.39 is 17.5 Å². The van der Waals surface area contributed by atoms with Crippen LogP contribution in [0.2, 0.25) is 0 Å². The van der Waals surface area contributed by atoms with Crippen molar-refractivity contribution in [3.63, 3.8) is 0 Å². The molecule has 0 radical (unpaired) electrons. The second-order valence-electron chi connectivity index (χ2n) is 5.02. The van der Waals surface area contributed by atoms with Gasteiger partial charge in [0.15, 0.2) is 0 Å². The summed E-state index contributed by atoms with van der Waals surface area (Å²) in [5.74, 6) is -1.46. The van der Waals surface area contributed by atoms with Crippen LogP contribution >= 0.6 is 0 Å². The van der Waals surface area contributed by atoms with E-state index in [1.807, 2.05) is 5.32 Å². The van der Waals surface area contributed by atoms with Gasteiger partial charge in [0.2, 0.25) is 0 Å². The number of alkyl halides is 3. The lowest BCUT2D eigenvalue weighted by molar-refractivity contribution is -0.173. The van der Waals surface area contributed by atoms with Crippen LogP contribution in [0.25, 0.3) is 0 Å². The van der Waals surface area contributed by atoms with Crippen molar-refractivity contribution in [3.05, 3.63) is 23.8 Å². The Hall–Kier alpha value is -1.92. The molecule has 0 aliphatic heterocycles. The fraction of sp³-hybridized carbons (Fsp3) is 0.462. The highest BCUT2D eigenvalue weighted by Crippen LogP contribution is 2.29. The smallest absolute Gasteiger partial charge is 0.471 e. The van der Waals surface area contributed by atoms with Gasteiger partial charge < -0.3 is 15.8 Å². The van der Waals surface area contributed by atoms with Crippen LogP contribution in [0.1, 0.15) is 19.4 Å². The molecule has 0 unspecified atom stereocenters. The number of amides is 1. The molecule has 1 amide bonds. The maximum atomic E-state index is 12.1. The Morgan fingerprint density at radius 3 is 2.40 bits per heavy atom. The maximum absolute atomic E-state index is 12.1. The van der Waals surface area contributed by atoms with E-state index >= 15 is 0 Å². The summed E-state index contributed by atoms with van der Waals surface area (Å²) in [6, 6.07) is 4.96. The number of nitrogens with one attached hydrogen (secondary N) is 1. The van der Waals surface area contributed by atoms with Gasteiger partial charge in [-0.1, -0.05) is 19.9 Å². The molecule has 1 aromatic carbocycles. The Kier molecular flexibility index (Phi) is 4.52. The van der Waals surface area contributed by atoms with Gasteiger partial charge >= 0.3 is 12.1 Å². The quantitative estimate of drug-likeness (QED) is 0.836. The second kappa shape index (κ2) is 5.60.